The number of rotatable bonds is 3. The standard InChI is InChI=1S/C19H20N4O/c1-11-4-6-13(7-5-11)14-9-17(24-3)15(8-12(14)2)16-10-22-19(21)23-18(16)20/h4-10H,1-3H3,(H4,20,21,22,23). The lowest BCUT2D eigenvalue weighted by atomic mass is 9.95. The van der Waals surface area contributed by atoms with E-state index in [-0.39, 0.29) is 5.95 Å². The molecule has 0 radical (unpaired) electrons. The van der Waals surface area contributed by atoms with Gasteiger partial charge >= 0.3 is 0 Å². The van der Waals surface area contributed by atoms with E-state index in [0.29, 0.717) is 11.4 Å². The van der Waals surface area contributed by atoms with E-state index in [1.807, 2.05) is 12.1 Å². The van der Waals surface area contributed by atoms with Crippen molar-refractivity contribution in [2.75, 3.05) is 18.6 Å². The zero-order chi connectivity index (χ0) is 17.3. The quantitative estimate of drug-likeness (QED) is 0.770. The van der Waals surface area contributed by atoms with Crippen LogP contribution in [0.2, 0.25) is 0 Å². The van der Waals surface area contributed by atoms with Gasteiger partial charge in [0.2, 0.25) is 5.95 Å². The summed E-state index contributed by atoms with van der Waals surface area (Å²) in [6.45, 7) is 4.14. The van der Waals surface area contributed by atoms with Gasteiger partial charge in [0, 0.05) is 17.3 Å². The average molecular weight is 320 g/mol. The summed E-state index contributed by atoms with van der Waals surface area (Å²) >= 11 is 0. The van der Waals surface area contributed by atoms with Crippen LogP contribution in [-0.4, -0.2) is 17.1 Å². The van der Waals surface area contributed by atoms with E-state index in [9.17, 15) is 0 Å². The van der Waals surface area contributed by atoms with E-state index in [4.69, 9.17) is 16.2 Å². The minimum absolute atomic E-state index is 0.156. The molecule has 0 fully saturated rings. The van der Waals surface area contributed by atoms with Gasteiger partial charge in [-0.3, -0.25) is 0 Å². The number of nitrogens with two attached hydrogens (primary N) is 2. The largest absolute Gasteiger partial charge is 0.496 e. The molecule has 4 N–H and O–H groups in total. The van der Waals surface area contributed by atoms with Gasteiger partial charge < -0.3 is 16.2 Å². The second kappa shape index (κ2) is 6.20. The summed E-state index contributed by atoms with van der Waals surface area (Å²) in [7, 11) is 1.64. The summed E-state index contributed by atoms with van der Waals surface area (Å²) in [4.78, 5) is 8.08. The van der Waals surface area contributed by atoms with Crippen molar-refractivity contribution < 1.29 is 4.74 Å². The third-order valence-electron chi connectivity index (χ3n) is 4.04. The second-order valence-electron chi connectivity index (χ2n) is 5.76. The number of aromatic nitrogens is 2. The molecule has 0 amide bonds. The Morgan fingerprint density at radius 1 is 0.917 bits per heavy atom. The second-order valence-corrected chi connectivity index (χ2v) is 5.76. The predicted octanol–water partition coefficient (Wildman–Crippen LogP) is 3.60. The maximum Gasteiger partial charge on any atom is 0.221 e. The molecule has 1 heterocycles. The van der Waals surface area contributed by atoms with Gasteiger partial charge in [-0.25, -0.2) is 4.98 Å². The Morgan fingerprint density at radius 2 is 1.62 bits per heavy atom. The van der Waals surface area contributed by atoms with Crippen LogP contribution in [0.5, 0.6) is 5.75 Å². The zero-order valence-corrected chi connectivity index (χ0v) is 14.0. The van der Waals surface area contributed by atoms with Gasteiger partial charge in [0.25, 0.3) is 0 Å². The summed E-state index contributed by atoms with van der Waals surface area (Å²) in [5.41, 5.74) is 17.8. The smallest absolute Gasteiger partial charge is 0.221 e. The van der Waals surface area contributed by atoms with Crippen LogP contribution in [-0.2, 0) is 0 Å². The molecule has 0 unspecified atom stereocenters. The van der Waals surface area contributed by atoms with Crippen LogP contribution in [0, 0.1) is 13.8 Å². The number of methoxy groups -OCH3 is 1. The van der Waals surface area contributed by atoms with Gasteiger partial charge in [-0.15, -0.1) is 0 Å². The molecule has 5 heteroatoms. The molecule has 24 heavy (non-hydrogen) atoms. The number of benzene rings is 2. The van der Waals surface area contributed by atoms with Crippen molar-refractivity contribution in [2.24, 2.45) is 0 Å². The normalized spacial score (nSPS) is 10.6. The van der Waals surface area contributed by atoms with E-state index >= 15 is 0 Å². The molecule has 0 saturated carbocycles. The van der Waals surface area contributed by atoms with Crippen LogP contribution in [0.15, 0.2) is 42.6 Å². The van der Waals surface area contributed by atoms with E-state index in [1.165, 1.54) is 5.56 Å². The van der Waals surface area contributed by atoms with Crippen molar-refractivity contribution in [3.05, 3.63) is 53.7 Å². The Labute approximate surface area is 141 Å². The first-order chi connectivity index (χ1) is 11.5. The molecule has 0 spiro atoms. The SMILES string of the molecule is COc1cc(-c2ccc(C)cc2)c(C)cc1-c1cnc(N)nc1N. The first-order valence-electron chi connectivity index (χ1n) is 7.63. The van der Waals surface area contributed by atoms with E-state index in [2.05, 4.69) is 48.1 Å². The van der Waals surface area contributed by atoms with E-state index in [1.54, 1.807) is 13.3 Å². The third-order valence-corrected chi connectivity index (χ3v) is 4.04. The topological polar surface area (TPSA) is 87.0 Å². The molecule has 3 aromatic rings. The summed E-state index contributed by atoms with van der Waals surface area (Å²) in [5, 5.41) is 0. The van der Waals surface area contributed by atoms with Crippen LogP contribution in [0.25, 0.3) is 22.3 Å². The highest BCUT2D eigenvalue weighted by Gasteiger charge is 2.14. The lowest BCUT2D eigenvalue weighted by molar-refractivity contribution is 0.416. The summed E-state index contributed by atoms with van der Waals surface area (Å²) < 4.78 is 5.58. The molecule has 2 aromatic carbocycles. The van der Waals surface area contributed by atoms with Crippen molar-refractivity contribution in [3.8, 4) is 28.0 Å². The molecule has 122 valence electrons. The van der Waals surface area contributed by atoms with Crippen molar-refractivity contribution >= 4 is 11.8 Å². The van der Waals surface area contributed by atoms with Crippen molar-refractivity contribution in [3.63, 3.8) is 0 Å². The Bertz CT molecular complexity index is 889. The molecular formula is C19H20N4O. The van der Waals surface area contributed by atoms with Gasteiger partial charge in [0.15, 0.2) is 0 Å². The van der Waals surface area contributed by atoms with Gasteiger partial charge in [-0.05, 0) is 42.7 Å². The third kappa shape index (κ3) is 2.88. The zero-order valence-electron chi connectivity index (χ0n) is 14.0. The van der Waals surface area contributed by atoms with Crippen molar-refractivity contribution in [2.45, 2.75) is 13.8 Å². The van der Waals surface area contributed by atoms with Gasteiger partial charge in [-0.2, -0.15) is 4.98 Å². The fourth-order valence-corrected chi connectivity index (χ4v) is 2.73. The van der Waals surface area contributed by atoms with Crippen LogP contribution >= 0.6 is 0 Å². The fourth-order valence-electron chi connectivity index (χ4n) is 2.73. The molecular weight excluding hydrogens is 300 g/mol. The Kier molecular flexibility index (Phi) is 4.08. The maximum absolute atomic E-state index is 6.01. The molecule has 0 aliphatic carbocycles. The van der Waals surface area contributed by atoms with Gasteiger partial charge in [0.1, 0.15) is 11.6 Å². The van der Waals surface area contributed by atoms with Gasteiger partial charge in [-0.1, -0.05) is 29.8 Å². The molecule has 0 bridgehead atoms. The van der Waals surface area contributed by atoms with Crippen LogP contribution in [0.3, 0.4) is 0 Å². The monoisotopic (exact) mass is 320 g/mol. The minimum Gasteiger partial charge on any atom is -0.496 e. The Hall–Kier alpha value is -3.08. The number of anilines is 2. The number of hydrogen-bond donors (Lipinski definition) is 2. The van der Waals surface area contributed by atoms with Crippen LogP contribution < -0.4 is 16.2 Å². The first-order valence-corrected chi connectivity index (χ1v) is 7.63. The number of nitrogen functional groups attached to an aromatic ring is 2. The molecule has 0 aliphatic heterocycles. The first kappa shape index (κ1) is 15.8. The lowest BCUT2D eigenvalue weighted by Gasteiger charge is -2.15. The average Bonchev–Trinajstić information content (AvgIpc) is 2.56. The minimum atomic E-state index is 0.156. The number of ether oxygens (including phenoxy) is 1. The predicted molar refractivity (Wildman–Crippen MR) is 97.8 cm³/mol. The fraction of sp³-hybridized carbons (Fsp3) is 0.158. The number of nitrogens with zero attached hydrogens (tertiary/aromatic N) is 2. The maximum atomic E-state index is 6.01. The highest BCUT2D eigenvalue weighted by atomic mass is 16.5. The molecule has 3 rings (SSSR count). The van der Waals surface area contributed by atoms with E-state index < -0.39 is 0 Å². The summed E-state index contributed by atoms with van der Waals surface area (Å²) in [6, 6.07) is 12.5. The highest BCUT2D eigenvalue weighted by molar-refractivity contribution is 5.83. The number of aryl methyl sites for hydroxylation is 2. The number of hydrogen-bond acceptors (Lipinski definition) is 5. The molecule has 0 aliphatic rings. The Balaban J connectivity index is 2.16. The molecule has 1 aromatic heterocycles. The summed E-state index contributed by atoms with van der Waals surface area (Å²) in [6.07, 6.45) is 1.63. The van der Waals surface area contributed by atoms with Crippen LogP contribution in [0.1, 0.15) is 11.1 Å². The summed E-state index contributed by atoms with van der Waals surface area (Å²) in [5.74, 6) is 1.21. The molecule has 5 nitrogen and oxygen atoms in total. The van der Waals surface area contributed by atoms with Crippen molar-refractivity contribution in [1.29, 1.82) is 0 Å². The Morgan fingerprint density at radius 3 is 2.25 bits per heavy atom. The van der Waals surface area contributed by atoms with E-state index in [0.717, 1.165) is 28.0 Å². The highest BCUT2D eigenvalue weighted by Crippen LogP contribution is 2.38. The lowest BCUT2D eigenvalue weighted by Crippen LogP contribution is -2.02. The molecule has 0 atom stereocenters. The van der Waals surface area contributed by atoms with Crippen LogP contribution in [0.4, 0.5) is 11.8 Å². The van der Waals surface area contributed by atoms with Crippen molar-refractivity contribution in [1.82, 2.24) is 9.97 Å². The molecule has 0 saturated heterocycles. The van der Waals surface area contributed by atoms with Gasteiger partial charge in [0.05, 0.1) is 7.11 Å².